The molecule has 0 aromatic heterocycles. The van der Waals surface area contributed by atoms with Crippen LogP contribution in [0.2, 0.25) is 0 Å². The van der Waals surface area contributed by atoms with Crippen LogP contribution >= 0.6 is 0 Å². The van der Waals surface area contributed by atoms with Crippen LogP contribution in [0, 0.1) is 0 Å². The third kappa shape index (κ3) is 16.6. The standard InChI is InChI=1S/C18H30O3/c1-2-3-4-5-6-7-8-9-10-11-14-17(19)15-12-13-16-18(20)21/h6-7,9-11,14,17,19H,2-5,8,12-13,15-16H2,1H3,(H,20,21)/p-1/b7-6-,10-9-,14-11-. The third-order valence-corrected chi connectivity index (χ3v) is 3.12. The first-order valence-corrected chi connectivity index (χ1v) is 8.03. The summed E-state index contributed by atoms with van der Waals surface area (Å²) in [5.41, 5.74) is 0. The van der Waals surface area contributed by atoms with Gasteiger partial charge < -0.3 is 15.0 Å². The molecule has 0 aromatic rings. The van der Waals surface area contributed by atoms with Crippen molar-refractivity contribution < 1.29 is 15.0 Å². The largest absolute Gasteiger partial charge is 0.550 e. The van der Waals surface area contributed by atoms with Gasteiger partial charge in [-0.05, 0) is 38.5 Å². The average Bonchev–Trinajstić information content (AvgIpc) is 2.45. The van der Waals surface area contributed by atoms with Gasteiger partial charge in [0.15, 0.2) is 0 Å². The van der Waals surface area contributed by atoms with Crippen LogP contribution in [0.25, 0.3) is 0 Å². The van der Waals surface area contributed by atoms with Gasteiger partial charge in [-0.1, -0.05) is 62.6 Å². The Kier molecular flexibility index (Phi) is 14.1. The zero-order valence-electron chi connectivity index (χ0n) is 13.2. The van der Waals surface area contributed by atoms with E-state index in [4.69, 9.17) is 0 Å². The van der Waals surface area contributed by atoms with Crippen molar-refractivity contribution in [3.8, 4) is 0 Å². The molecule has 0 aromatic carbocycles. The smallest absolute Gasteiger partial charge is 0.0723 e. The molecular formula is C18H29O3-. The second kappa shape index (κ2) is 15.0. The highest BCUT2D eigenvalue weighted by atomic mass is 16.4. The number of rotatable bonds is 13. The fourth-order valence-electron chi connectivity index (χ4n) is 1.87. The van der Waals surface area contributed by atoms with Gasteiger partial charge in [-0.25, -0.2) is 0 Å². The Labute approximate surface area is 129 Å². The van der Waals surface area contributed by atoms with Crippen molar-refractivity contribution in [3.05, 3.63) is 36.5 Å². The van der Waals surface area contributed by atoms with E-state index in [1.54, 1.807) is 6.08 Å². The van der Waals surface area contributed by atoms with Crippen molar-refractivity contribution in [3.63, 3.8) is 0 Å². The van der Waals surface area contributed by atoms with Gasteiger partial charge in [0, 0.05) is 5.97 Å². The SMILES string of the molecule is CCCCC/C=C\C/C=C\C=C/C(O)CCCCC(=O)[O-]. The molecule has 3 nitrogen and oxygen atoms in total. The second-order valence-electron chi connectivity index (χ2n) is 5.20. The molecule has 1 atom stereocenters. The van der Waals surface area contributed by atoms with Gasteiger partial charge in [-0.3, -0.25) is 0 Å². The zero-order valence-corrected chi connectivity index (χ0v) is 13.2. The summed E-state index contributed by atoms with van der Waals surface area (Å²) in [6.45, 7) is 2.20. The maximum Gasteiger partial charge on any atom is 0.0723 e. The van der Waals surface area contributed by atoms with E-state index in [0.29, 0.717) is 19.3 Å². The Balaban J connectivity index is 3.55. The Hall–Kier alpha value is -1.35. The number of unbranched alkanes of at least 4 members (excludes halogenated alkanes) is 4. The molecule has 0 heterocycles. The van der Waals surface area contributed by atoms with Gasteiger partial charge in [0.25, 0.3) is 0 Å². The third-order valence-electron chi connectivity index (χ3n) is 3.12. The van der Waals surface area contributed by atoms with Crippen LogP contribution in [-0.4, -0.2) is 17.2 Å². The highest BCUT2D eigenvalue weighted by Gasteiger charge is 1.97. The lowest BCUT2D eigenvalue weighted by Gasteiger charge is -2.05. The highest BCUT2D eigenvalue weighted by molar-refractivity contribution is 5.64. The Morgan fingerprint density at radius 2 is 1.90 bits per heavy atom. The van der Waals surface area contributed by atoms with Crippen molar-refractivity contribution in [2.75, 3.05) is 0 Å². The molecule has 3 heteroatoms. The minimum Gasteiger partial charge on any atom is -0.550 e. The summed E-state index contributed by atoms with van der Waals surface area (Å²) in [4.78, 5) is 10.2. The quantitative estimate of drug-likeness (QED) is 0.322. The lowest BCUT2D eigenvalue weighted by molar-refractivity contribution is -0.305. The van der Waals surface area contributed by atoms with Crippen molar-refractivity contribution in [2.45, 2.75) is 70.8 Å². The van der Waals surface area contributed by atoms with E-state index in [1.807, 2.05) is 12.2 Å². The molecule has 0 fully saturated rings. The van der Waals surface area contributed by atoms with Gasteiger partial charge in [-0.2, -0.15) is 0 Å². The van der Waals surface area contributed by atoms with Crippen molar-refractivity contribution in [2.24, 2.45) is 0 Å². The highest BCUT2D eigenvalue weighted by Crippen LogP contribution is 2.04. The first kappa shape index (κ1) is 19.7. The van der Waals surface area contributed by atoms with Crippen LogP contribution in [0.15, 0.2) is 36.5 Å². The Morgan fingerprint density at radius 3 is 2.62 bits per heavy atom. The van der Waals surface area contributed by atoms with Gasteiger partial charge in [0.2, 0.25) is 0 Å². The van der Waals surface area contributed by atoms with E-state index in [2.05, 4.69) is 25.2 Å². The summed E-state index contributed by atoms with van der Waals surface area (Å²) in [5.74, 6) is -1.02. The van der Waals surface area contributed by atoms with Crippen LogP contribution < -0.4 is 5.11 Å². The number of allylic oxidation sites excluding steroid dienone is 5. The predicted octanol–water partition coefficient (Wildman–Crippen LogP) is 3.30. The van der Waals surface area contributed by atoms with Crippen LogP contribution in [-0.2, 0) is 4.79 Å². The van der Waals surface area contributed by atoms with E-state index >= 15 is 0 Å². The summed E-state index contributed by atoms with van der Waals surface area (Å²) in [6.07, 6.45) is 19.3. The number of hydrogen-bond donors (Lipinski definition) is 1. The van der Waals surface area contributed by atoms with Crippen LogP contribution in [0.1, 0.15) is 64.7 Å². The van der Waals surface area contributed by atoms with E-state index in [-0.39, 0.29) is 6.42 Å². The van der Waals surface area contributed by atoms with Crippen LogP contribution in [0.3, 0.4) is 0 Å². The van der Waals surface area contributed by atoms with Crippen molar-refractivity contribution in [1.29, 1.82) is 0 Å². The molecule has 0 saturated heterocycles. The monoisotopic (exact) mass is 293 g/mol. The maximum absolute atomic E-state index is 10.2. The number of carboxylic acids is 1. The minimum atomic E-state index is -1.02. The van der Waals surface area contributed by atoms with Crippen LogP contribution in [0.4, 0.5) is 0 Å². The van der Waals surface area contributed by atoms with E-state index < -0.39 is 12.1 Å². The topological polar surface area (TPSA) is 60.4 Å². The molecule has 1 unspecified atom stereocenters. The molecular weight excluding hydrogens is 264 g/mol. The molecule has 1 N–H and O–H groups in total. The fraction of sp³-hybridized carbons (Fsp3) is 0.611. The van der Waals surface area contributed by atoms with Gasteiger partial charge in [0.05, 0.1) is 6.10 Å². The van der Waals surface area contributed by atoms with E-state index in [0.717, 1.165) is 12.8 Å². The number of carbonyl (C=O) groups excluding carboxylic acids is 1. The number of hydrogen-bond acceptors (Lipinski definition) is 3. The normalized spacial score (nSPS) is 13.6. The number of aliphatic hydroxyl groups excluding tert-OH is 1. The molecule has 21 heavy (non-hydrogen) atoms. The van der Waals surface area contributed by atoms with Gasteiger partial charge in [0.1, 0.15) is 0 Å². The number of carboxylic acid groups (broad SMARTS) is 1. The lowest BCUT2D eigenvalue weighted by Crippen LogP contribution is -2.21. The Bertz CT molecular complexity index is 329. The Morgan fingerprint density at radius 1 is 1.10 bits per heavy atom. The molecule has 0 amide bonds. The number of aliphatic hydroxyl groups is 1. The summed E-state index contributed by atoms with van der Waals surface area (Å²) in [7, 11) is 0. The second-order valence-corrected chi connectivity index (χ2v) is 5.20. The molecule has 0 saturated carbocycles. The first-order chi connectivity index (χ1) is 10.2. The van der Waals surface area contributed by atoms with E-state index in [9.17, 15) is 15.0 Å². The number of carbonyl (C=O) groups is 1. The summed E-state index contributed by atoms with van der Waals surface area (Å²) >= 11 is 0. The summed E-state index contributed by atoms with van der Waals surface area (Å²) in [6, 6.07) is 0. The average molecular weight is 293 g/mol. The molecule has 0 aliphatic rings. The molecule has 0 aliphatic carbocycles. The fourth-order valence-corrected chi connectivity index (χ4v) is 1.87. The molecule has 0 radical (unpaired) electrons. The molecule has 0 spiro atoms. The zero-order chi connectivity index (χ0) is 15.8. The van der Waals surface area contributed by atoms with E-state index in [1.165, 1.54) is 19.3 Å². The number of aliphatic carboxylic acids is 1. The van der Waals surface area contributed by atoms with Crippen molar-refractivity contribution >= 4 is 5.97 Å². The summed E-state index contributed by atoms with van der Waals surface area (Å²) < 4.78 is 0. The molecule has 0 rings (SSSR count). The molecule has 0 aliphatic heterocycles. The minimum absolute atomic E-state index is 0.0704. The van der Waals surface area contributed by atoms with Gasteiger partial charge in [-0.15, -0.1) is 0 Å². The van der Waals surface area contributed by atoms with Crippen molar-refractivity contribution in [1.82, 2.24) is 0 Å². The maximum atomic E-state index is 10.2. The summed E-state index contributed by atoms with van der Waals surface area (Å²) in [5, 5.41) is 19.9. The lowest BCUT2D eigenvalue weighted by atomic mass is 10.1. The predicted molar refractivity (Wildman–Crippen MR) is 85.7 cm³/mol. The molecule has 0 bridgehead atoms. The first-order valence-electron chi connectivity index (χ1n) is 8.03. The van der Waals surface area contributed by atoms with Crippen LogP contribution in [0.5, 0.6) is 0 Å². The molecule has 120 valence electrons. The van der Waals surface area contributed by atoms with Gasteiger partial charge >= 0.3 is 0 Å².